The van der Waals surface area contributed by atoms with Crippen molar-refractivity contribution in [2.24, 2.45) is 11.3 Å². The summed E-state index contributed by atoms with van der Waals surface area (Å²) in [6.07, 6.45) is 6.71. The van der Waals surface area contributed by atoms with Crippen molar-refractivity contribution in [2.75, 3.05) is 13.2 Å². The molecule has 6 heteroatoms. The average Bonchev–Trinajstić information content (AvgIpc) is 3.10. The fourth-order valence-corrected chi connectivity index (χ4v) is 3.99. The van der Waals surface area contributed by atoms with Crippen LogP contribution in [0.25, 0.3) is 0 Å². The number of fused-ring (bicyclic) bond motifs is 1. The van der Waals surface area contributed by atoms with E-state index in [-0.39, 0.29) is 31.5 Å². The summed E-state index contributed by atoms with van der Waals surface area (Å²) in [5, 5.41) is 0. The lowest BCUT2D eigenvalue weighted by Gasteiger charge is -2.24. The van der Waals surface area contributed by atoms with Gasteiger partial charge in [0.15, 0.2) is 5.41 Å². The quantitative estimate of drug-likeness (QED) is 0.432. The third-order valence-electron chi connectivity index (χ3n) is 5.17. The van der Waals surface area contributed by atoms with E-state index in [0.717, 1.165) is 25.7 Å². The molecule has 0 radical (unpaired) electrons. The first-order valence-corrected chi connectivity index (χ1v) is 9.06. The van der Waals surface area contributed by atoms with Crippen LogP contribution in [0.4, 0.5) is 0 Å². The van der Waals surface area contributed by atoms with Crippen LogP contribution in [-0.2, 0) is 28.6 Å². The normalized spacial score (nSPS) is 22.3. The SMILES string of the molecule is CCOC(=O)C1(C(=O)OCC)C=C2OC(=O)C(C3CCCCC3)=C2C1. The molecule has 1 fully saturated rings. The van der Waals surface area contributed by atoms with Crippen LogP contribution in [0, 0.1) is 11.3 Å². The van der Waals surface area contributed by atoms with E-state index in [1.165, 1.54) is 12.5 Å². The lowest BCUT2D eigenvalue weighted by Crippen LogP contribution is -2.39. The monoisotopic (exact) mass is 348 g/mol. The molecule has 1 saturated carbocycles. The van der Waals surface area contributed by atoms with E-state index < -0.39 is 17.4 Å². The second kappa shape index (κ2) is 7.02. The molecule has 0 aromatic heterocycles. The number of carbonyl (C=O) groups is 3. The number of hydrogen-bond acceptors (Lipinski definition) is 6. The Morgan fingerprint density at radius 2 is 1.72 bits per heavy atom. The first-order chi connectivity index (χ1) is 12.0. The molecular formula is C19H24O6. The molecule has 1 aliphatic heterocycles. The molecule has 0 aromatic carbocycles. The van der Waals surface area contributed by atoms with E-state index in [2.05, 4.69) is 0 Å². The van der Waals surface area contributed by atoms with Crippen LogP contribution in [0.15, 0.2) is 23.0 Å². The van der Waals surface area contributed by atoms with E-state index in [1.54, 1.807) is 13.8 Å². The Kier molecular flexibility index (Phi) is 4.97. The van der Waals surface area contributed by atoms with Crippen molar-refractivity contribution in [3.05, 3.63) is 23.0 Å². The van der Waals surface area contributed by atoms with E-state index in [1.807, 2.05) is 0 Å². The van der Waals surface area contributed by atoms with Crippen LogP contribution < -0.4 is 0 Å². The number of ether oxygens (including phenoxy) is 3. The molecule has 0 atom stereocenters. The van der Waals surface area contributed by atoms with Crippen molar-refractivity contribution in [1.82, 2.24) is 0 Å². The van der Waals surface area contributed by atoms with Crippen molar-refractivity contribution < 1.29 is 28.6 Å². The number of carbonyl (C=O) groups excluding carboxylic acids is 3. The molecule has 0 aromatic rings. The number of esters is 3. The molecule has 0 amide bonds. The maximum atomic E-state index is 12.5. The van der Waals surface area contributed by atoms with Gasteiger partial charge in [-0.3, -0.25) is 9.59 Å². The molecular weight excluding hydrogens is 324 g/mol. The first kappa shape index (κ1) is 17.7. The molecule has 136 valence electrons. The van der Waals surface area contributed by atoms with Gasteiger partial charge < -0.3 is 14.2 Å². The van der Waals surface area contributed by atoms with E-state index in [0.29, 0.717) is 16.9 Å². The molecule has 0 saturated heterocycles. The summed E-state index contributed by atoms with van der Waals surface area (Å²) in [4.78, 5) is 37.4. The van der Waals surface area contributed by atoms with Gasteiger partial charge in [0.1, 0.15) is 5.76 Å². The maximum Gasteiger partial charge on any atom is 0.340 e. The molecule has 0 spiro atoms. The Labute approximate surface area is 147 Å². The van der Waals surface area contributed by atoms with Gasteiger partial charge in [-0.25, -0.2) is 4.79 Å². The van der Waals surface area contributed by atoms with Gasteiger partial charge in [-0.05, 0) is 38.7 Å². The molecule has 3 rings (SSSR count). The molecule has 25 heavy (non-hydrogen) atoms. The Bertz CT molecular complexity index is 633. The number of rotatable bonds is 5. The number of allylic oxidation sites excluding steroid dienone is 1. The minimum absolute atomic E-state index is 0.0809. The Balaban J connectivity index is 1.97. The molecule has 1 heterocycles. The van der Waals surface area contributed by atoms with Crippen molar-refractivity contribution >= 4 is 17.9 Å². The molecule has 2 aliphatic carbocycles. The van der Waals surface area contributed by atoms with Crippen molar-refractivity contribution in [2.45, 2.75) is 52.4 Å². The summed E-state index contributed by atoms with van der Waals surface area (Å²) in [5.41, 5.74) is -0.225. The predicted molar refractivity (Wildman–Crippen MR) is 88.1 cm³/mol. The van der Waals surface area contributed by atoms with Gasteiger partial charge in [-0.2, -0.15) is 0 Å². The summed E-state index contributed by atoms with van der Waals surface area (Å²) >= 11 is 0. The van der Waals surface area contributed by atoms with Crippen LogP contribution in [0.2, 0.25) is 0 Å². The summed E-state index contributed by atoms with van der Waals surface area (Å²) in [7, 11) is 0. The fraction of sp³-hybridized carbons (Fsp3) is 0.632. The van der Waals surface area contributed by atoms with E-state index in [9.17, 15) is 14.4 Å². The van der Waals surface area contributed by atoms with Gasteiger partial charge in [0.2, 0.25) is 0 Å². The summed E-state index contributed by atoms with van der Waals surface area (Å²) in [5.74, 6) is -1.17. The standard InChI is InChI=1S/C19H24O6/c1-3-23-17(21)19(18(22)24-4-2)10-13-14(11-19)25-16(20)15(13)12-8-6-5-7-9-12/h11-12H,3-10H2,1-2H3. The largest absolute Gasteiger partial charge is 0.465 e. The van der Waals surface area contributed by atoms with Crippen molar-refractivity contribution in [3.8, 4) is 0 Å². The minimum Gasteiger partial charge on any atom is -0.465 e. The highest BCUT2D eigenvalue weighted by Crippen LogP contribution is 2.49. The van der Waals surface area contributed by atoms with Gasteiger partial charge in [-0.15, -0.1) is 0 Å². The molecule has 3 aliphatic rings. The average molecular weight is 348 g/mol. The summed E-state index contributed by atoms with van der Waals surface area (Å²) in [6.45, 7) is 3.70. The lowest BCUT2D eigenvalue weighted by atomic mass is 9.80. The Morgan fingerprint density at radius 3 is 2.28 bits per heavy atom. The molecule has 0 unspecified atom stereocenters. The first-order valence-electron chi connectivity index (χ1n) is 9.06. The zero-order valence-corrected chi connectivity index (χ0v) is 14.8. The lowest BCUT2D eigenvalue weighted by molar-refractivity contribution is -0.167. The predicted octanol–water partition coefficient (Wildman–Crippen LogP) is 2.82. The fourth-order valence-electron chi connectivity index (χ4n) is 3.99. The molecule has 0 bridgehead atoms. The van der Waals surface area contributed by atoms with E-state index in [4.69, 9.17) is 14.2 Å². The highest BCUT2D eigenvalue weighted by molar-refractivity contribution is 6.06. The van der Waals surface area contributed by atoms with Gasteiger partial charge in [0.25, 0.3) is 0 Å². The van der Waals surface area contributed by atoms with Crippen molar-refractivity contribution in [1.29, 1.82) is 0 Å². The highest BCUT2D eigenvalue weighted by atomic mass is 16.6. The van der Waals surface area contributed by atoms with Gasteiger partial charge in [0.05, 0.1) is 13.2 Å². The van der Waals surface area contributed by atoms with Gasteiger partial charge in [0, 0.05) is 17.6 Å². The van der Waals surface area contributed by atoms with Gasteiger partial charge in [-0.1, -0.05) is 19.3 Å². The number of hydrogen-bond donors (Lipinski definition) is 0. The Morgan fingerprint density at radius 1 is 1.12 bits per heavy atom. The van der Waals surface area contributed by atoms with Gasteiger partial charge >= 0.3 is 17.9 Å². The molecule has 0 N–H and O–H groups in total. The third-order valence-corrected chi connectivity index (χ3v) is 5.17. The summed E-state index contributed by atoms with van der Waals surface area (Å²) in [6, 6.07) is 0. The van der Waals surface area contributed by atoms with Crippen LogP contribution in [-0.4, -0.2) is 31.1 Å². The van der Waals surface area contributed by atoms with Crippen LogP contribution in [0.5, 0.6) is 0 Å². The Hall–Kier alpha value is -2.11. The second-order valence-electron chi connectivity index (χ2n) is 6.71. The highest BCUT2D eigenvalue weighted by Gasteiger charge is 2.55. The van der Waals surface area contributed by atoms with Crippen LogP contribution in [0.3, 0.4) is 0 Å². The van der Waals surface area contributed by atoms with E-state index >= 15 is 0 Å². The second-order valence-corrected chi connectivity index (χ2v) is 6.71. The topological polar surface area (TPSA) is 78.9 Å². The van der Waals surface area contributed by atoms with Crippen molar-refractivity contribution in [3.63, 3.8) is 0 Å². The molecule has 6 nitrogen and oxygen atoms in total. The maximum absolute atomic E-state index is 12.5. The zero-order valence-electron chi connectivity index (χ0n) is 14.8. The third kappa shape index (κ3) is 2.98. The zero-order chi connectivity index (χ0) is 18.0. The summed E-state index contributed by atoms with van der Waals surface area (Å²) < 4.78 is 15.6. The van der Waals surface area contributed by atoms with Crippen LogP contribution in [0.1, 0.15) is 52.4 Å². The smallest absolute Gasteiger partial charge is 0.340 e. The van der Waals surface area contributed by atoms with Crippen LogP contribution >= 0.6 is 0 Å². The minimum atomic E-state index is -1.54.